The third-order valence-corrected chi connectivity index (χ3v) is 5.95. The van der Waals surface area contributed by atoms with Crippen molar-refractivity contribution in [2.45, 2.75) is 45.1 Å². The highest BCUT2D eigenvalue weighted by atomic mass is 16.5. The summed E-state index contributed by atoms with van der Waals surface area (Å²) in [6.45, 7) is 4.42. The lowest BCUT2D eigenvalue weighted by Gasteiger charge is -2.35. The highest BCUT2D eigenvalue weighted by Crippen LogP contribution is 2.40. The summed E-state index contributed by atoms with van der Waals surface area (Å²) < 4.78 is 16.5. The van der Waals surface area contributed by atoms with E-state index in [4.69, 9.17) is 14.2 Å². The van der Waals surface area contributed by atoms with E-state index in [0.29, 0.717) is 23.2 Å². The van der Waals surface area contributed by atoms with Gasteiger partial charge in [-0.05, 0) is 38.3 Å². The molecular weight excluding hydrogens is 356 g/mol. The number of rotatable bonds is 6. The van der Waals surface area contributed by atoms with Gasteiger partial charge in [0.15, 0.2) is 11.5 Å². The molecule has 28 heavy (non-hydrogen) atoms. The molecule has 156 valence electrons. The van der Waals surface area contributed by atoms with Gasteiger partial charge in [-0.1, -0.05) is 18.9 Å². The quantitative estimate of drug-likeness (QED) is 0.746. The van der Waals surface area contributed by atoms with Crippen molar-refractivity contribution < 1.29 is 19.0 Å². The van der Waals surface area contributed by atoms with Gasteiger partial charge in [-0.15, -0.1) is 0 Å². The Balaban J connectivity index is 1.69. The molecule has 6 nitrogen and oxygen atoms in total. The third kappa shape index (κ3) is 4.72. The minimum atomic E-state index is 0.109. The van der Waals surface area contributed by atoms with Crippen LogP contribution in [-0.2, 0) is 11.3 Å². The van der Waals surface area contributed by atoms with Gasteiger partial charge < -0.3 is 19.1 Å². The number of methoxy groups -OCH3 is 3. The van der Waals surface area contributed by atoms with Gasteiger partial charge in [-0.25, -0.2) is 0 Å². The van der Waals surface area contributed by atoms with Gasteiger partial charge in [0.2, 0.25) is 11.7 Å². The molecule has 0 spiro atoms. The second kappa shape index (κ2) is 10.0. The first-order valence-corrected chi connectivity index (χ1v) is 10.5. The molecule has 0 unspecified atom stereocenters. The molecular formula is C22H34N2O4. The fourth-order valence-electron chi connectivity index (χ4n) is 4.48. The van der Waals surface area contributed by atoms with Gasteiger partial charge in [0.05, 0.1) is 27.2 Å². The Morgan fingerprint density at radius 2 is 1.64 bits per heavy atom. The van der Waals surface area contributed by atoms with Gasteiger partial charge in [0.25, 0.3) is 0 Å². The van der Waals surface area contributed by atoms with Crippen LogP contribution in [-0.4, -0.2) is 63.2 Å². The molecule has 6 heteroatoms. The maximum Gasteiger partial charge on any atom is 0.226 e. The first-order valence-electron chi connectivity index (χ1n) is 10.5. The van der Waals surface area contributed by atoms with Gasteiger partial charge in [-0.3, -0.25) is 9.69 Å². The summed E-state index contributed by atoms with van der Waals surface area (Å²) >= 11 is 0. The molecule has 2 fully saturated rings. The largest absolute Gasteiger partial charge is 0.493 e. The van der Waals surface area contributed by atoms with Crippen molar-refractivity contribution in [3.05, 3.63) is 17.7 Å². The fraction of sp³-hybridized carbons (Fsp3) is 0.682. The van der Waals surface area contributed by atoms with Crippen LogP contribution in [0, 0.1) is 5.92 Å². The van der Waals surface area contributed by atoms with Crippen LogP contribution >= 0.6 is 0 Å². The van der Waals surface area contributed by atoms with E-state index >= 15 is 0 Å². The lowest BCUT2D eigenvalue weighted by molar-refractivity contribution is -0.137. The van der Waals surface area contributed by atoms with Crippen molar-refractivity contribution in [1.29, 1.82) is 0 Å². The van der Waals surface area contributed by atoms with Crippen LogP contribution < -0.4 is 14.2 Å². The summed E-state index contributed by atoms with van der Waals surface area (Å²) in [5, 5.41) is 0. The monoisotopic (exact) mass is 390 g/mol. The minimum Gasteiger partial charge on any atom is -0.493 e. The van der Waals surface area contributed by atoms with Gasteiger partial charge >= 0.3 is 0 Å². The number of nitrogens with zero attached hydrogens (tertiary/aromatic N) is 2. The number of hydrogen-bond acceptors (Lipinski definition) is 5. The molecule has 1 aromatic carbocycles. The van der Waals surface area contributed by atoms with Crippen LogP contribution in [0.5, 0.6) is 17.2 Å². The summed E-state index contributed by atoms with van der Waals surface area (Å²) in [6.07, 6.45) is 6.84. The molecule has 0 saturated carbocycles. The van der Waals surface area contributed by atoms with E-state index < -0.39 is 0 Å². The van der Waals surface area contributed by atoms with Crippen LogP contribution in [0.2, 0.25) is 0 Å². The molecule has 0 radical (unpaired) electrons. The third-order valence-electron chi connectivity index (χ3n) is 5.95. The predicted molar refractivity (Wildman–Crippen MR) is 109 cm³/mol. The van der Waals surface area contributed by atoms with Crippen molar-refractivity contribution in [3.8, 4) is 17.2 Å². The Bertz CT molecular complexity index is 656. The molecule has 0 bridgehead atoms. The Morgan fingerprint density at radius 1 is 0.929 bits per heavy atom. The maximum absolute atomic E-state index is 13.0. The Hall–Kier alpha value is -1.95. The average Bonchev–Trinajstić information content (AvgIpc) is 3.02. The zero-order valence-electron chi connectivity index (χ0n) is 17.5. The number of carbonyl (C=O) groups excluding carboxylic acids is 1. The van der Waals surface area contributed by atoms with E-state index in [0.717, 1.165) is 64.0 Å². The predicted octanol–water partition coefficient (Wildman–Crippen LogP) is 3.33. The summed E-state index contributed by atoms with van der Waals surface area (Å²) in [5.74, 6) is 2.46. The molecule has 2 aliphatic heterocycles. The van der Waals surface area contributed by atoms with Crippen LogP contribution in [0.25, 0.3) is 0 Å². The van der Waals surface area contributed by atoms with E-state index in [1.165, 1.54) is 12.8 Å². The van der Waals surface area contributed by atoms with Gasteiger partial charge in [0.1, 0.15) is 0 Å². The smallest absolute Gasteiger partial charge is 0.226 e. The molecule has 1 amide bonds. The topological polar surface area (TPSA) is 51.2 Å². The number of hydrogen-bond donors (Lipinski definition) is 0. The fourth-order valence-corrected chi connectivity index (χ4v) is 4.48. The summed E-state index contributed by atoms with van der Waals surface area (Å²) in [7, 11) is 4.91. The molecule has 1 atom stereocenters. The van der Waals surface area contributed by atoms with E-state index in [1.54, 1.807) is 21.3 Å². The SMILES string of the molecule is COc1ccc(CN2CCC[C@@H](C(=O)N3CCCCCC3)C2)c(OC)c1OC. The molecule has 2 aliphatic rings. The van der Waals surface area contributed by atoms with Crippen LogP contribution in [0.15, 0.2) is 12.1 Å². The highest BCUT2D eigenvalue weighted by Gasteiger charge is 2.30. The molecule has 3 rings (SSSR count). The van der Waals surface area contributed by atoms with Crippen LogP contribution in [0.1, 0.15) is 44.1 Å². The molecule has 0 aromatic heterocycles. The first-order chi connectivity index (χ1) is 13.7. The van der Waals surface area contributed by atoms with Gasteiger partial charge in [0, 0.05) is 31.7 Å². The number of benzene rings is 1. The summed E-state index contributed by atoms with van der Waals surface area (Å²) in [6, 6.07) is 3.95. The molecule has 0 aliphatic carbocycles. The van der Waals surface area contributed by atoms with Crippen molar-refractivity contribution in [2.75, 3.05) is 47.5 Å². The second-order valence-electron chi connectivity index (χ2n) is 7.81. The van der Waals surface area contributed by atoms with Crippen molar-refractivity contribution in [2.24, 2.45) is 5.92 Å². The van der Waals surface area contributed by atoms with E-state index in [1.807, 2.05) is 12.1 Å². The molecule has 2 heterocycles. The summed E-state index contributed by atoms with van der Waals surface area (Å²) in [5.41, 5.74) is 1.06. The minimum absolute atomic E-state index is 0.109. The van der Waals surface area contributed by atoms with Gasteiger partial charge in [-0.2, -0.15) is 0 Å². The average molecular weight is 391 g/mol. The molecule has 2 saturated heterocycles. The number of likely N-dealkylation sites (tertiary alicyclic amines) is 2. The zero-order valence-corrected chi connectivity index (χ0v) is 17.5. The number of carbonyl (C=O) groups is 1. The molecule has 0 N–H and O–H groups in total. The standard InChI is InChI=1S/C22H34N2O4/c1-26-19-11-10-17(20(27-2)21(19)28-3)15-23-12-8-9-18(16-23)22(25)24-13-6-4-5-7-14-24/h10-11,18H,4-9,12-16H2,1-3H3/t18-/m1/s1. The lowest BCUT2D eigenvalue weighted by atomic mass is 9.95. The summed E-state index contributed by atoms with van der Waals surface area (Å²) in [4.78, 5) is 17.5. The van der Waals surface area contributed by atoms with Crippen molar-refractivity contribution in [1.82, 2.24) is 9.80 Å². The van der Waals surface area contributed by atoms with Crippen LogP contribution in [0.3, 0.4) is 0 Å². The number of ether oxygens (including phenoxy) is 3. The Kier molecular flexibility index (Phi) is 7.43. The van der Waals surface area contributed by atoms with Crippen molar-refractivity contribution >= 4 is 5.91 Å². The first kappa shape index (κ1) is 20.8. The van der Waals surface area contributed by atoms with Crippen LogP contribution in [0.4, 0.5) is 0 Å². The Labute approximate surface area is 168 Å². The Morgan fingerprint density at radius 3 is 2.29 bits per heavy atom. The lowest BCUT2D eigenvalue weighted by Crippen LogP contribution is -2.44. The number of piperidine rings is 1. The van der Waals surface area contributed by atoms with E-state index in [-0.39, 0.29) is 5.92 Å². The van der Waals surface area contributed by atoms with E-state index in [9.17, 15) is 4.79 Å². The second-order valence-corrected chi connectivity index (χ2v) is 7.81. The number of amides is 1. The van der Waals surface area contributed by atoms with E-state index in [2.05, 4.69) is 9.80 Å². The normalized spacial score (nSPS) is 21.1. The zero-order chi connectivity index (χ0) is 19.9. The highest BCUT2D eigenvalue weighted by molar-refractivity contribution is 5.79. The maximum atomic E-state index is 13.0. The molecule has 1 aromatic rings. The van der Waals surface area contributed by atoms with Crippen molar-refractivity contribution in [3.63, 3.8) is 0 Å².